The van der Waals surface area contributed by atoms with Crippen LogP contribution in [0.4, 0.5) is 5.69 Å². The standard InChI is InChI=1S/C19H20ClN5O2/c1-11-17(27)25(3)18(21)24-19(11,2)12-5-4-6-14(9-12)23-16(26)15-8-7-13(20)10-22-15/h4-11H,1-3H3,(H2,21,24)(H,23,26)/t11-,19-/m0/s1. The minimum atomic E-state index is -0.826. The van der Waals surface area contributed by atoms with Crippen LogP contribution in [0, 0.1) is 5.92 Å². The van der Waals surface area contributed by atoms with Gasteiger partial charge < -0.3 is 11.1 Å². The molecule has 0 unspecified atom stereocenters. The fraction of sp³-hybridized carbons (Fsp3) is 0.263. The molecule has 1 aromatic carbocycles. The summed E-state index contributed by atoms with van der Waals surface area (Å²) in [6.45, 7) is 3.68. The molecule has 7 nitrogen and oxygen atoms in total. The number of hydrogen-bond acceptors (Lipinski definition) is 5. The van der Waals surface area contributed by atoms with Crippen molar-refractivity contribution < 1.29 is 9.59 Å². The van der Waals surface area contributed by atoms with Gasteiger partial charge in [-0.1, -0.05) is 30.7 Å². The Bertz CT molecular complexity index is 928. The monoisotopic (exact) mass is 385 g/mol. The Morgan fingerprint density at radius 1 is 1.33 bits per heavy atom. The van der Waals surface area contributed by atoms with Crippen LogP contribution in [-0.4, -0.2) is 34.7 Å². The summed E-state index contributed by atoms with van der Waals surface area (Å²) < 4.78 is 0. The predicted molar refractivity (Wildman–Crippen MR) is 105 cm³/mol. The number of rotatable bonds is 3. The van der Waals surface area contributed by atoms with Crippen molar-refractivity contribution in [2.75, 3.05) is 12.4 Å². The van der Waals surface area contributed by atoms with Gasteiger partial charge in [-0.2, -0.15) is 0 Å². The molecule has 140 valence electrons. The Morgan fingerprint density at radius 2 is 2.07 bits per heavy atom. The predicted octanol–water partition coefficient (Wildman–Crippen LogP) is 2.63. The topological polar surface area (TPSA) is 101 Å². The quantitative estimate of drug-likeness (QED) is 0.847. The summed E-state index contributed by atoms with van der Waals surface area (Å²) in [5, 5.41) is 3.26. The number of carbonyl (C=O) groups excluding carboxylic acids is 2. The van der Waals surface area contributed by atoms with Crippen LogP contribution in [0.2, 0.25) is 5.02 Å². The highest BCUT2D eigenvalue weighted by Crippen LogP contribution is 2.38. The first kappa shape index (κ1) is 18.8. The number of nitrogens with two attached hydrogens (primary N) is 1. The van der Waals surface area contributed by atoms with Gasteiger partial charge in [0.2, 0.25) is 5.91 Å². The molecule has 2 heterocycles. The van der Waals surface area contributed by atoms with Gasteiger partial charge in [0.15, 0.2) is 5.96 Å². The second kappa shape index (κ2) is 7.00. The van der Waals surface area contributed by atoms with Crippen molar-refractivity contribution in [1.29, 1.82) is 0 Å². The summed E-state index contributed by atoms with van der Waals surface area (Å²) in [5.41, 5.74) is 6.69. The van der Waals surface area contributed by atoms with Crippen LogP contribution in [0.25, 0.3) is 0 Å². The van der Waals surface area contributed by atoms with Crippen molar-refractivity contribution in [2.45, 2.75) is 19.4 Å². The average molecular weight is 386 g/mol. The Balaban J connectivity index is 1.90. The van der Waals surface area contributed by atoms with Gasteiger partial charge in [-0.05, 0) is 36.8 Å². The molecule has 1 aliphatic rings. The molecule has 2 aromatic rings. The summed E-state index contributed by atoms with van der Waals surface area (Å²) in [6, 6.07) is 10.4. The van der Waals surface area contributed by atoms with E-state index < -0.39 is 11.5 Å². The largest absolute Gasteiger partial charge is 0.369 e. The number of aliphatic imine (C=N–C) groups is 1. The molecule has 0 bridgehead atoms. The molecule has 1 aliphatic heterocycles. The molecule has 1 aromatic heterocycles. The molecule has 0 radical (unpaired) electrons. The number of nitrogens with zero attached hydrogens (tertiary/aromatic N) is 3. The molecule has 2 amide bonds. The van der Waals surface area contributed by atoms with Crippen molar-refractivity contribution in [3.8, 4) is 0 Å². The summed E-state index contributed by atoms with van der Waals surface area (Å²) in [7, 11) is 1.60. The minimum Gasteiger partial charge on any atom is -0.369 e. The van der Waals surface area contributed by atoms with Gasteiger partial charge in [-0.3, -0.25) is 14.5 Å². The van der Waals surface area contributed by atoms with Crippen LogP contribution < -0.4 is 11.1 Å². The number of benzene rings is 1. The Labute approximate surface area is 162 Å². The second-order valence-corrected chi connectivity index (χ2v) is 7.07. The number of hydrogen-bond donors (Lipinski definition) is 2. The lowest BCUT2D eigenvalue weighted by atomic mass is 9.79. The Morgan fingerprint density at radius 3 is 2.74 bits per heavy atom. The summed E-state index contributed by atoms with van der Waals surface area (Å²) >= 11 is 5.80. The second-order valence-electron chi connectivity index (χ2n) is 6.63. The maximum absolute atomic E-state index is 12.5. The first-order valence-corrected chi connectivity index (χ1v) is 8.76. The number of guanidine groups is 1. The van der Waals surface area contributed by atoms with E-state index in [0.717, 1.165) is 5.56 Å². The highest BCUT2D eigenvalue weighted by molar-refractivity contribution is 6.30. The number of amides is 2. The van der Waals surface area contributed by atoms with Crippen molar-refractivity contribution in [2.24, 2.45) is 16.6 Å². The van der Waals surface area contributed by atoms with Crippen molar-refractivity contribution in [3.05, 3.63) is 58.9 Å². The number of pyridine rings is 1. The molecular weight excluding hydrogens is 366 g/mol. The molecule has 2 atom stereocenters. The lowest BCUT2D eigenvalue weighted by Crippen LogP contribution is -2.52. The van der Waals surface area contributed by atoms with Gasteiger partial charge in [0.1, 0.15) is 5.69 Å². The number of nitrogens with one attached hydrogen (secondary N) is 1. The van der Waals surface area contributed by atoms with Crippen LogP contribution in [0.3, 0.4) is 0 Å². The molecule has 8 heteroatoms. The zero-order valence-corrected chi connectivity index (χ0v) is 16.0. The van der Waals surface area contributed by atoms with Gasteiger partial charge in [-0.15, -0.1) is 0 Å². The summed E-state index contributed by atoms with van der Waals surface area (Å²) in [6.07, 6.45) is 1.41. The van der Waals surface area contributed by atoms with Crippen LogP contribution >= 0.6 is 11.6 Å². The van der Waals surface area contributed by atoms with E-state index in [0.29, 0.717) is 10.7 Å². The van der Waals surface area contributed by atoms with E-state index in [1.165, 1.54) is 11.1 Å². The highest BCUT2D eigenvalue weighted by atomic mass is 35.5. The van der Waals surface area contributed by atoms with Gasteiger partial charge in [-0.25, -0.2) is 9.98 Å². The molecule has 27 heavy (non-hydrogen) atoms. The average Bonchev–Trinajstić information content (AvgIpc) is 2.65. The van der Waals surface area contributed by atoms with Crippen LogP contribution in [0.5, 0.6) is 0 Å². The number of carbonyl (C=O) groups is 2. The van der Waals surface area contributed by atoms with Crippen molar-refractivity contribution in [3.63, 3.8) is 0 Å². The Hall–Kier alpha value is -2.93. The van der Waals surface area contributed by atoms with E-state index in [2.05, 4.69) is 15.3 Å². The third kappa shape index (κ3) is 3.50. The molecule has 0 aliphatic carbocycles. The highest BCUT2D eigenvalue weighted by Gasteiger charge is 2.43. The maximum Gasteiger partial charge on any atom is 0.274 e. The zero-order valence-electron chi connectivity index (χ0n) is 15.2. The lowest BCUT2D eigenvalue weighted by molar-refractivity contribution is -0.133. The number of halogens is 1. The molecular formula is C19H20ClN5O2. The number of anilines is 1. The molecule has 0 spiro atoms. The maximum atomic E-state index is 12.5. The van der Waals surface area contributed by atoms with E-state index >= 15 is 0 Å². The third-order valence-electron chi connectivity index (χ3n) is 4.90. The smallest absolute Gasteiger partial charge is 0.274 e. The molecule has 3 rings (SSSR count). The fourth-order valence-corrected chi connectivity index (χ4v) is 3.10. The van der Waals surface area contributed by atoms with E-state index in [1.807, 2.05) is 19.9 Å². The fourth-order valence-electron chi connectivity index (χ4n) is 2.99. The first-order valence-electron chi connectivity index (χ1n) is 8.38. The third-order valence-corrected chi connectivity index (χ3v) is 5.12. The minimum absolute atomic E-state index is 0.107. The van der Waals surface area contributed by atoms with E-state index in [1.54, 1.807) is 37.4 Å². The van der Waals surface area contributed by atoms with Gasteiger partial charge >= 0.3 is 0 Å². The van der Waals surface area contributed by atoms with Gasteiger partial charge in [0.05, 0.1) is 16.5 Å². The Kier molecular flexibility index (Phi) is 4.89. The molecule has 0 saturated carbocycles. The zero-order chi connectivity index (χ0) is 19.8. The van der Waals surface area contributed by atoms with Crippen molar-refractivity contribution >= 4 is 35.1 Å². The van der Waals surface area contributed by atoms with Crippen LogP contribution in [0.1, 0.15) is 29.9 Å². The molecule has 0 saturated heterocycles. The summed E-state index contributed by atoms with van der Waals surface area (Å²) in [5.74, 6) is -0.701. The molecule has 0 fully saturated rings. The van der Waals surface area contributed by atoms with Crippen molar-refractivity contribution in [1.82, 2.24) is 9.88 Å². The SMILES string of the molecule is C[C@H]1C(=O)N(C)C(N)=N[C@]1(C)c1cccc(NC(=O)c2ccc(Cl)cn2)c1. The summed E-state index contributed by atoms with van der Waals surface area (Å²) in [4.78, 5) is 34.8. The van der Waals surface area contributed by atoms with Gasteiger partial charge in [0.25, 0.3) is 5.91 Å². The van der Waals surface area contributed by atoms with E-state index in [-0.39, 0.29) is 23.5 Å². The van der Waals surface area contributed by atoms with Crippen LogP contribution in [0.15, 0.2) is 47.6 Å². The first-order chi connectivity index (χ1) is 12.7. The lowest BCUT2D eigenvalue weighted by Gasteiger charge is -2.39. The van der Waals surface area contributed by atoms with Crippen LogP contribution in [-0.2, 0) is 10.3 Å². The normalized spacial score (nSPS) is 22.4. The van der Waals surface area contributed by atoms with E-state index in [9.17, 15) is 9.59 Å². The van der Waals surface area contributed by atoms with Gasteiger partial charge in [0, 0.05) is 18.9 Å². The van der Waals surface area contributed by atoms with E-state index in [4.69, 9.17) is 17.3 Å². The molecule has 3 N–H and O–H groups in total. The number of aromatic nitrogens is 1.